The molecular formula is C15H16N2O4S. The van der Waals surface area contributed by atoms with E-state index < -0.39 is 12.1 Å². The number of carbonyl (C=O) groups excluding carboxylic acids is 2. The van der Waals surface area contributed by atoms with Crippen molar-refractivity contribution in [2.75, 3.05) is 6.61 Å². The molecule has 1 aromatic heterocycles. The number of ether oxygens (including phenoxy) is 2. The van der Waals surface area contributed by atoms with E-state index in [1.807, 2.05) is 30.3 Å². The third kappa shape index (κ3) is 4.85. The van der Waals surface area contributed by atoms with Crippen LogP contribution in [0.5, 0.6) is 0 Å². The molecule has 0 aliphatic rings. The van der Waals surface area contributed by atoms with E-state index in [4.69, 9.17) is 9.47 Å². The summed E-state index contributed by atoms with van der Waals surface area (Å²) in [7, 11) is 0. The van der Waals surface area contributed by atoms with Crippen LogP contribution in [0.2, 0.25) is 0 Å². The lowest BCUT2D eigenvalue weighted by Crippen LogP contribution is -2.23. The van der Waals surface area contributed by atoms with E-state index >= 15 is 0 Å². The fourth-order valence-electron chi connectivity index (χ4n) is 1.61. The third-order valence-corrected chi connectivity index (χ3v) is 3.60. The molecule has 1 N–H and O–H groups in total. The van der Waals surface area contributed by atoms with E-state index in [9.17, 15) is 9.59 Å². The quantitative estimate of drug-likeness (QED) is 0.828. The summed E-state index contributed by atoms with van der Waals surface area (Å²) in [6.07, 6.45) is 0.909. The summed E-state index contributed by atoms with van der Waals surface area (Å²) < 4.78 is 9.95. The van der Waals surface area contributed by atoms with Gasteiger partial charge in [0.2, 0.25) is 0 Å². The Morgan fingerprint density at radius 2 is 2.00 bits per heavy atom. The fraction of sp³-hybridized carbons (Fsp3) is 0.267. The smallest absolute Gasteiger partial charge is 0.407 e. The summed E-state index contributed by atoms with van der Waals surface area (Å²) in [5.41, 5.74) is 0.913. The van der Waals surface area contributed by atoms with Crippen molar-refractivity contribution in [1.29, 1.82) is 0 Å². The highest BCUT2D eigenvalue weighted by Gasteiger charge is 2.12. The number of carbonyl (C=O) groups is 2. The van der Waals surface area contributed by atoms with Gasteiger partial charge in [-0.3, -0.25) is 0 Å². The number of benzene rings is 1. The summed E-state index contributed by atoms with van der Waals surface area (Å²) in [6, 6.07) is 9.40. The maximum atomic E-state index is 11.6. The molecule has 2 rings (SSSR count). The Hall–Kier alpha value is -2.41. The number of nitrogens with zero attached hydrogens (tertiary/aromatic N) is 1. The zero-order valence-corrected chi connectivity index (χ0v) is 12.9. The predicted molar refractivity (Wildman–Crippen MR) is 81.5 cm³/mol. The Morgan fingerprint density at radius 3 is 2.73 bits per heavy atom. The second kappa shape index (κ2) is 8.14. The van der Waals surface area contributed by atoms with Gasteiger partial charge in [-0.25, -0.2) is 14.6 Å². The molecule has 0 saturated carbocycles. The number of aromatic nitrogens is 1. The van der Waals surface area contributed by atoms with Gasteiger partial charge < -0.3 is 14.8 Å². The van der Waals surface area contributed by atoms with Crippen LogP contribution in [0.3, 0.4) is 0 Å². The van der Waals surface area contributed by atoms with Crippen molar-refractivity contribution in [3.05, 3.63) is 52.0 Å². The number of amides is 1. The van der Waals surface area contributed by atoms with Gasteiger partial charge >= 0.3 is 12.1 Å². The molecule has 0 unspecified atom stereocenters. The Labute approximate surface area is 132 Å². The predicted octanol–water partition coefficient (Wildman–Crippen LogP) is 2.75. The molecule has 1 aromatic carbocycles. The van der Waals surface area contributed by atoms with Gasteiger partial charge in [0.05, 0.1) is 19.3 Å². The van der Waals surface area contributed by atoms with Gasteiger partial charge in [-0.15, -0.1) is 11.3 Å². The maximum absolute atomic E-state index is 11.6. The van der Waals surface area contributed by atoms with E-state index in [1.54, 1.807) is 6.92 Å². The number of nitrogens with one attached hydrogen (secondary N) is 1. The number of hydrogen-bond acceptors (Lipinski definition) is 6. The molecule has 0 spiro atoms. The number of rotatable bonds is 6. The first kappa shape index (κ1) is 16.0. The Bertz CT molecular complexity index is 627. The normalized spacial score (nSPS) is 10.0. The first-order valence-corrected chi connectivity index (χ1v) is 7.57. The van der Waals surface area contributed by atoms with E-state index in [2.05, 4.69) is 10.3 Å². The minimum absolute atomic E-state index is 0.206. The van der Waals surface area contributed by atoms with Crippen molar-refractivity contribution in [1.82, 2.24) is 10.3 Å². The second-order valence-corrected chi connectivity index (χ2v) is 5.37. The molecule has 116 valence electrons. The first-order valence-electron chi connectivity index (χ1n) is 6.75. The molecule has 0 saturated heterocycles. The zero-order chi connectivity index (χ0) is 15.8. The standard InChI is InChI=1S/C15H16N2O4S/c1-2-20-14(18)12-8-16-13(22-12)9-17-15(19)21-10-11-6-4-3-5-7-11/h3-8H,2,9-10H2,1H3,(H,17,19). The van der Waals surface area contributed by atoms with Gasteiger partial charge in [0, 0.05) is 0 Å². The molecule has 1 amide bonds. The minimum atomic E-state index is -0.531. The highest BCUT2D eigenvalue weighted by Crippen LogP contribution is 2.14. The molecule has 0 radical (unpaired) electrons. The van der Waals surface area contributed by atoms with E-state index in [0.717, 1.165) is 5.56 Å². The van der Waals surface area contributed by atoms with Crippen LogP contribution in [-0.4, -0.2) is 23.7 Å². The molecule has 6 nitrogen and oxygen atoms in total. The van der Waals surface area contributed by atoms with E-state index in [-0.39, 0.29) is 13.2 Å². The molecule has 7 heteroatoms. The molecule has 0 bridgehead atoms. The van der Waals surface area contributed by atoms with Crippen LogP contribution in [0.15, 0.2) is 36.5 Å². The molecule has 1 heterocycles. The van der Waals surface area contributed by atoms with Crippen LogP contribution in [0.25, 0.3) is 0 Å². The number of hydrogen-bond donors (Lipinski definition) is 1. The Kier molecular flexibility index (Phi) is 5.91. The van der Waals surface area contributed by atoms with Gasteiger partial charge in [0.15, 0.2) is 0 Å². The lowest BCUT2D eigenvalue weighted by Gasteiger charge is -2.05. The molecule has 22 heavy (non-hydrogen) atoms. The summed E-state index contributed by atoms with van der Waals surface area (Å²) in [5.74, 6) is -0.405. The SMILES string of the molecule is CCOC(=O)c1cnc(CNC(=O)OCc2ccccc2)s1. The number of alkyl carbamates (subject to hydrolysis) is 1. The molecular weight excluding hydrogens is 304 g/mol. The zero-order valence-electron chi connectivity index (χ0n) is 12.1. The first-order chi connectivity index (χ1) is 10.7. The van der Waals surface area contributed by atoms with Crippen molar-refractivity contribution in [2.24, 2.45) is 0 Å². The number of esters is 1. The third-order valence-electron chi connectivity index (χ3n) is 2.63. The van der Waals surface area contributed by atoms with Crippen LogP contribution in [-0.2, 0) is 22.6 Å². The van der Waals surface area contributed by atoms with Crippen LogP contribution in [0.1, 0.15) is 27.2 Å². The monoisotopic (exact) mass is 320 g/mol. The lowest BCUT2D eigenvalue weighted by molar-refractivity contribution is 0.0531. The van der Waals surface area contributed by atoms with Crippen molar-refractivity contribution in [2.45, 2.75) is 20.1 Å². The van der Waals surface area contributed by atoms with Crippen LogP contribution >= 0.6 is 11.3 Å². The van der Waals surface area contributed by atoms with Crippen LogP contribution < -0.4 is 5.32 Å². The summed E-state index contributed by atoms with van der Waals surface area (Å²) in [6.45, 7) is 2.47. The van der Waals surface area contributed by atoms with Crippen molar-refractivity contribution >= 4 is 23.4 Å². The lowest BCUT2D eigenvalue weighted by atomic mass is 10.2. The van der Waals surface area contributed by atoms with Gasteiger partial charge in [-0.2, -0.15) is 0 Å². The average molecular weight is 320 g/mol. The van der Waals surface area contributed by atoms with Gasteiger partial charge in [0.25, 0.3) is 0 Å². The Balaban J connectivity index is 1.75. The van der Waals surface area contributed by atoms with Gasteiger partial charge in [-0.1, -0.05) is 30.3 Å². The Morgan fingerprint density at radius 1 is 1.23 bits per heavy atom. The highest BCUT2D eigenvalue weighted by atomic mass is 32.1. The van der Waals surface area contributed by atoms with Crippen molar-refractivity contribution in [3.63, 3.8) is 0 Å². The molecule has 0 atom stereocenters. The maximum Gasteiger partial charge on any atom is 0.407 e. The van der Waals surface area contributed by atoms with Crippen LogP contribution in [0, 0.1) is 0 Å². The van der Waals surface area contributed by atoms with E-state index in [1.165, 1.54) is 17.5 Å². The molecule has 0 aliphatic heterocycles. The summed E-state index contributed by atoms with van der Waals surface area (Å²) in [4.78, 5) is 27.5. The summed E-state index contributed by atoms with van der Waals surface area (Å²) >= 11 is 1.18. The topological polar surface area (TPSA) is 77.5 Å². The average Bonchev–Trinajstić information content (AvgIpc) is 3.01. The molecule has 2 aromatic rings. The largest absolute Gasteiger partial charge is 0.462 e. The van der Waals surface area contributed by atoms with Gasteiger partial charge in [-0.05, 0) is 12.5 Å². The minimum Gasteiger partial charge on any atom is -0.462 e. The van der Waals surface area contributed by atoms with Crippen molar-refractivity contribution < 1.29 is 19.1 Å². The van der Waals surface area contributed by atoms with Crippen LogP contribution in [0.4, 0.5) is 4.79 Å². The molecule has 0 aliphatic carbocycles. The summed E-state index contributed by atoms with van der Waals surface area (Å²) in [5, 5.41) is 3.20. The second-order valence-electron chi connectivity index (χ2n) is 4.25. The fourth-order valence-corrected chi connectivity index (χ4v) is 2.36. The van der Waals surface area contributed by atoms with E-state index in [0.29, 0.717) is 16.5 Å². The number of thiazole rings is 1. The highest BCUT2D eigenvalue weighted by molar-refractivity contribution is 7.13. The van der Waals surface area contributed by atoms with Gasteiger partial charge in [0.1, 0.15) is 16.5 Å². The molecule has 0 fully saturated rings. The van der Waals surface area contributed by atoms with Crippen molar-refractivity contribution in [3.8, 4) is 0 Å².